The molecule has 0 aromatic rings. The first-order valence-electron chi connectivity index (χ1n) is 5.28. The van der Waals surface area contributed by atoms with Gasteiger partial charge in [0.1, 0.15) is 0 Å². The van der Waals surface area contributed by atoms with Gasteiger partial charge in [-0.2, -0.15) is 0 Å². The van der Waals surface area contributed by atoms with E-state index in [1.165, 1.54) is 6.42 Å². The lowest BCUT2D eigenvalue weighted by molar-refractivity contribution is -0.0692. The highest BCUT2D eigenvalue weighted by molar-refractivity contribution is 9.09. The fourth-order valence-electron chi connectivity index (χ4n) is 3.90. The summed E-state index contributed by atoms with van der Waals surface area (Å²) in [6.07, 6.45) is 3.42. The van der Waals surface area contributed by atoms with E-state index in [2.05, 4.69) is 38.8 Å². The number of hydrogen-bond acceptors (Lipinski definition) is 1. The van der Waals surface area contributed by atoms with Crippen LogP contribution in [0.25, 0.3) is 0 Å². The van der Waals surface area contributed by atoms with Gasteiger partial charge in [0.2, 0.25) is 0 Å². The molecule has 14 heavy (non-hydrogen) atoms. The Morgan fingerprint density at radius 3 is 2.29 bits per heavy atom. The van der Waals surface area contributed by atoms with E-state index in [0.717, 1.165) is 23.5 Å². The molecule has 0 heterocycles. The van der Waals surface area contributed by atoms with E-state index in [-0.39, 0.29) is 10.8 Å². The van der Waals surface area contributed by atoms with E-state index < -0.39 is 5.60 Å². The molecule has 0 radical (unpaired) electrons. The number of rotatable bonds is 2. The minimum Gasteiger partial charge on any atom is -0.390 e. The van der Waals surface area contributed by atoms with Crippen molar-refractivity contribution in [2.45, 2.75) is 38.7 Å². The number of fused-ring (bicyclic) bond motifs is 2. The highest BCUT2D eigenvalue weighted by atomic mass is 79.9. The van der Waals surface area contributed by atoms with Gasteiger partial charge in [0, 0.05) is 16.1 Å². The molecule has 2 aliphatic rings. The molecule has 2 aliphatic carbocycles. The van der Waals surface area contributed by atoms with E-state index in [1.807, 2.05) is 6.92 Å². The number of alkyl halides is 2. The van der Waals surface area contributed by atoms with Crippen molar-refractivity contribution in [1.82, 2.24) is 0 Å². The van der Waals surface area contributed by atoms with Crippen LogP contribution in [0.3, 0.4) is 0 Å². The maximum absolute atomic E-state index is 10.6. The quantitative estimate of drug-likeness (QED) is 0.772. The molecular formula is C11H18Br2O. The van der Waals surface area contributed by atoms with Crippen LogP contribution in [0.4, 0.5) is 0 Å². The summed E-state index contributed by atoms with van der Waals surface area (Å²) in [6, 6.07) is 0. The van der Waals surface area contributed by atoms with E-state index in [0.29, 0.717) is 5.92 Å². The van der Waals surface area contributed by atoms with Gasteiger partial charge in [0.25, 0.3) is 0 Å². The molecule has 0 aliphatic heterocycles. The first-order chi connectivity index (χ1) is 6.43. The van der Waals surface area contributed by atoms with Crippen LogP contribution in [-0.4, -0.2) is 21.4 Å². The lowest BCUT2D eigenvalue weighted by atomic mass is 9.65. The Morgan fingerprint density at radius 1 is 1.29 bits per heavy atom. The molecule has 2 fully saturated rings. The third kappa shape index (κ3) is 1.04. The molecule has 4 atom stereocenters. The van der Waals surface area contributed by atoms with Gasteiger partial charge in [-0.15, -0.1) is 0 Å². The van der Waals surface area contributed by atoms with Crippen LogP contribution in [0, 0.1) is 16.7 Å². The smallest absolute Gasteiger partial charge is 0.0692 e. The maximum atomic E-state index is 10.6. The van der Waals surface area contributed by atoms with Gasteiger partial charge in [0.05, 0.1) is 5.60 Å². The van der Waals surface area contributed by atoms with Crippen molar-refractivity contribution in [2.24, 2.45) is 16.7 Å². The molecule has 0 unspecified atom stereocenters. The van der Waals surface area contributed by atoms with Crippen LogP contribution in [0.2, 0.25) is 0 Å². The van der Waals surface area contributed by atoms with Gasteiger partial charge < -0.3 is 5.11 Å². The standard InChI is InChI=1S/C11H18Br2O/c1-9(6-12)8-3-4-11(9,7-13)10(2,14)5-8/h8,14H,3-7H2,1-2H3/t8-,9-,10-,11-/m1/s1. The zero-order valence-corrected chi connectivity index (χ0v) is 12.0. The van der Waals surface area contributed by atoms with Crippen molar-refractivity contribution in [1.29, 1.82) is 0 Å². The summed E-state index contributed by atoms with van der Waals surface area (Å²) in [4.78, 5) is 0. The highest BCUT2D eigenvalue weighted by Gasteiger charge is 2.69. The zero-order chi connectivity index (χ0) is 10.6. The van der Waals surface area contributed by atoms with Gasteiger partial charge in [0.15, 0.2) is 0 Å². The van der Waals surface area contributed by atoms with E-state index in [1.54, 1.807) is 0 Å². The fourth-order valence-corrected chi connectivity index (χ4v) is 6.42. The fraction of sp³-hybridized carbons (Fsp3) is 1.00. The van der Waals surface area contributed by atoms with Crippen molar-refractivity contribution in [2.75, 3.05) is 10.7 Å². The van der Waals surface area contributed by atoms with Crippen LogP contribution in [0.1, 0.15) is 33.1 Å². The minimum atomic E-state index is -0.484. The number of hydrogen-bond donors (Lipinski definition) is 1. The first-order valence-corrected chi connectivity index (χ1v) is 7.52. The van der Waals surface area contributed by atoms with E-state index >= 15 is 0 Å². The van der Waals surface area contributed by atoms with Crippen LogP contribution in [-0.2, 0) is 0 Å². The monoisotopic (exact) mass is 324 g/mol. The van der Waals surface area contributed by atoms with Gasteiger partial charge in [-0.25, -0.2) is 0 Å². The molecule has 2 rings (SSSR count). The Kier molecular flexibility index (Phi) is 2.61. The van der Waals surface area contributed by atoms with Gasteiger partial charge >= 0.3 is 0 Å². The normalized spacial score (nSPS) is 56.8. The predicted molar refractivity (Wildman–Crippen MR) is 66.1 cm³/mol. The molecule has 0 amide bonds. The van der Waals surface area contributed by atoms with Gasteiger partial charge in [-0.3, -0.25) is 0 Å². The molecule has 1 nitrogen and oxygen atoms in total. The largest absolute Gasteiger partial charge is 0.390 e. The van der Waals surface area contributed by atoms with E-state index in [4.69, 9.17) is 0 Å². The van der Waals surface area contributed by atoms with Crippen LogP contribution < -0.4 is 0 Å². The summed E-state index contributed by atoms with van der Waals surface area (Å²) in [7, 11) is 0. The summed E-state index contributed by atoms with van der Waals surface area (Å²) in [5.74, 6) is 0.689. The Balaban J connectivity index is 2.48. The molecule has 82 valence electrons. The van der Waals surface area contributed by atoms with Crippen LogP contribution in [0.15, 0.2) is 0 Å². The van der Waals surface area contributed by atoms with Crippen molar-refractivity contribution in [3.63, 3.8) is 0 Å². The molecule has 2 saturated carbocycles. The molecular weight excluding hydrogens is 308 g/mol. The summed E-state index contributed by atoms with van der Waals surface area (Å²) >= 11 is 7.28. The molecule has 0 aromatic carbocycles. The minimum absolute atomic E-state index is 0.0775. The first kappa shape index (κ1) is 11.4. The van der Waals surface area contributed by atoms with Crippen molar-refractivity contribution in [3.05, 3.63) is 0 Å². The topological polar surface area (TPSA) is 20.2 Å². The predicted octanol–water partition coefficient (Wildman–Crippen LogP) is 3.33. The van der Waals surface area contributed by atoms with Crippen LogP contribution in [0.5, 0.6) is 0 Å². The molecule has 2 bridgehead atoms. The Hall–Kier alpha value is 0.920. The lowest BCUT2D eigenvalue weighted by Crippen LogP contribution is -2.50. The second kappa shape index (κ2) is 3.21. The molecule has 3 heteroatoms. The molecule has 1 N–H and O–H groups in total. The zero-order valence-electron chi connectivity index (χ0n) is 8.82. The Labute approximate surface area is 103 Å². The van der Waals surface area contributed by atoms with Crippen LogP contribution >= 0.6 is 31.9 Å². The van der Waals surface area contributed by atoms with Crippen molar-refractivity contribution < 1.29 is 5.11 Å². The second-order valence-electron chi connectivity index (χ2n) is 5.48. The van der Waals surface area contributed by atoms with E-state index in [9.17, 15) is 5.11 Å². The number of halogens is 2. The Bertz CT molecular complexity index is 254. The van der Waals surface area contributed by atoms with Crippen molar-refractivity contribution >= 4 is 31.9 Å². The lowest BCUT2D eigenvalue weighted by Gasteiger charge is -2.46. The van der Waals surface area contributed by atoms with Crippen molar-refractivity contribution in [3.8, 4) is 0 Å². The van der Waals surface area contributed by atoms with Gasteiger partial charge in [-0.1, -0.05) is 38.8 Å². The average Bonchev–Trinajstić information content (AvgIpc) is 2.50. The summed E-state index contributed by atoms with van der Waals surface area (Å²) in [6.45, 7) is 4.36. The average molecular weight is 326 g/mol. The summed E-state index contributed by atoms with van der Waals surface area (Å²) < 4.78 is 0. The SMILES string of the molecule is C[C@@]1(O)C[C@H]2CC[C@@]1(CBr)[C@]2(C)CBr. The maximum Gasteiger partial charge on any atom is 0.0692 e. The molecule has 0 aromatic heterocycles. The highest BCUT2D eigenvalue weighted by Crippen LogP contribution is 2.70. The molecule has 0 saturated heterocycles. The Morgan fingerprint density at radius 2 is 1.93 bits per heavy atom. The molecule has 0 spiro atoms. The second-order valence-corrected chi connectivity index (χ2v) is 6.60. The third-order valence-corrected chi connectivity index (χ3v) is 7.22. The summed E-state index contributed by atoms with van der Waals surface area (Å²) in [5, 5.41) is 12.5. The number of aliphatic hydroxyl groups is 1. The summed E-state index contributed by atoms with van der Waals surface area (Å²) in [5.41, 5.74) is -0.143. The third-order valence-electron chi connectivity index (χ3n) is 5.09. The van der Waals surface area contributed by atoms with Gasteiger partial charge in [-0.05, 0) is 37.5 Å².